The summed E-state index contributed by atoms with van der Waals surface area (Å²) in [4.78, 5) is 2.11. The fraction of sp³-hybridized carbons (Fsp3) is 0.429. The molecule has 1 fully saturated rings. The maximum atomic E-state index is 12.7. The summed E-state index contributed by atoms with van der Waals surface area (Å²) in [5.41, 5.74) is 6.99. The molecule has 0 aromatic heterocycles. The highest BCUT2D eigenvalue weighted by Gasteiger charge is 2.30. The Balaban J connectivity index is 2.24. The van der Waals surface area contributed by atoms with E-state index in [-0.39, 0.29) is 9.92 Å². The van der Waals surface area contributed by atoms with Gasteiger partial charge in [0.2, 0.25) is 10.0 Å². The Morgan fingerprint density at radius 3 is 2.52 bits per heavy atom. The van der Waals surface area contributed by atoms with Crippen molar-refractivity contribution in [3.05, 3.63) is 22.7 Å². The molecule has 1 aliphatic rings. The number of nitrogens with two attached hydrogens (primary N) is 1. The molecular formula is C14H18ClN3O2S. The molecule has 0 bridgehead atoms. The number of sulfonamides is 1. The predicted octanol–water partition coefficient (Wildman–Crippen LogP) is 1.17. The van der Waals surface area contributed by atoms with Crippen molar-refractivity contribution in [3.63, 3.8) is 0 Å². The third kappa shape index (κ3) is 3.33. The Kier molecular flexibility index (Phi) is 4.79. The smallest absolute Gasteiger partial charge is 0.244 e. The highest BCUT2D eigenvalue weighted by molar-refractivity contribution is 7.89. The number of aryl methyl sites for hydroxylation is 1. The van der Waals surface area contributed by atoms with Gasteiger partial charge in [-0.1, -0.05) is 17.5 Å². The SMILES string of the molecule is C#CCN1CCN(S(=O)(=O)c2cc(N)c(C)cc2Cl)CC1. The van der Waals surface area contributed by atoms with Crippen molar-refractivity contribution in [2.24, 2.45) is 0 Å². The second kappa shape index (κ2) is 6.24. The maximum Gasteiger partial charge on any atom is 0.244 e. The standard InChI is InChI=1S/C14H18ClN3O2S/c1-3-4-17-5-7-18(8-6-17)21(19,20)14-10-13(16)11(2)9-12(14)15/h1,9-10H,4-8,16H2,2H3. The fourth-order valence-electron chi connectivity index (χ4n) is 2.26. The van der Waals surface area contributed by atoms with Crippen LogP contribution in [0.4, 0.5) is 5.69 Å². The number of piperazine rings is 1. The largest absolute Gasteiger partial charge is 0.398 e. The summed E-state index contributed by atoms with van der Waals surface area (Å²) in [5, 5.41) is 0.202. The van der Waals surface area contributed by atoms with Crippen LogP contribution >= 0.6 is 11.6 Å². The summed E-state index contributed by atoms with van der Waals surface area (Å²) in [5.74, 6) is 2.57. The molecule has 0 unspecified atom stereocenters. The third-order valence-electron chi connectivity index (χ3n) is 3.58. The summed E-state index contributed by atoms with van der Waals surface area (Å²) in [6, 6.07) is 3.01. The minimum Gasteiger partial charge on any atom is -0.398 e. The van der Waals surface area contributed by atoms with Gasteiger partial charge in [-0.2, -0.15) is 4.31 Å². The summed E-state index contributed by atoms with van der Waals surface area (Å²) in [6.07, 6.45) is 5.27. The Morgan fingerprint density at radius 2 is 1.95 bits per heavy atom. The lowest BCUT2D eigenvalue weighted by atomic mass is 10.2. The van der Waals surface area contributed by atoms with E-state index in [2.05, 4.69) is 5.92 Å². The Morgan fingerprint density at radius 1 is 1.33 bits per heavy atom. The molecule has 0 aliphatic carbocycles. The third-order valence-corrected chi connectivity index (χ3v) is 5.95. The molecule has 1 aromatic carbocycles. The zero-order valence-corrected chi connectivity index (χ0v) is 13.4. The van der Waals surface area contributed by atoms with Gasteiger partial charge in [0.1, 0.15) is 4.90 Å². The van der Waals surface area contributed by atoms with Crippen LogP contribution in [0.5, 0.6) is 0 Å². The van der Waals surface area contributed by atoms with Gasteiger partial charge in [0.25, 0.3) is 0 Å². The molecule has 2 N–H and O–H groups in total. The van der Waals surface area contributed by atoms with E-state index in [4.69, 9.17) is 23.8 Å². The molecule has 5 nitrogen and oxygen atoms in total. The van der Waals surface area contributed by atoms with Gasteiger partial charge >= 0.3 is 0 Å². The van der Waals surface area contributed by atoms with Crippen molar-refractivity contribution in [2.45, 2.75) is 11.8 Å². The predicted molar refractivity (Wildman–Crippen MR) is 84.6 cm³/mol. The van der Waals surface area contributed by atoms with Crippen molar-refractivity contribution in [3.8, 4) is 12.3 Å². The van der Waals surface area contributed by atoms with Crippen LogP contribution in [0.15, 0.2) is 17.0 Å². The minimum atomic E-state index is -3.63. The number of hydrogen-bond acceptors (Lipinski definition) is 4. The molecule has 0 atom stereocenters. The first-order valence-corrected chi connectivity index (χ1v) is 8.39. The number of hydrogen-bond donors (Lipinski definition) is 1. The van der Waals surface area contributed by atoms with Gasteiger partial charge in [-0.05, 0) is 24.6 Å². The number of nitrogens with zero attached hydrogens (tertiary/aromatic N) is 2. The summed E-state index contributed by atoms with van der Waals surface area (Å²) >= 11 is 6.09. The maximum absolute atomic E-state index is 12.7. The normalized spacial score (nSPS) is 17.6. The van der Waals surface area contributed by atoms with E-state index in [1.54, 1.807) is 13.0 Å². The molecule has 0 radical (unpaired) electrons. The number of rotatable bonds is 3. The van der Waals surface area contributed by atoms with E-state index in [9.17, 15) is 8.42 Å². The van der Waals surface area contributed by atoms with Crippen LogP contribution in [0.3, 0.4) is 0 Å². The molecule has 1 saturated heterocycles. The first-order valence-electron chi connectivity index (χ1n) is 6.58. The van der Waals surface area contributed by atoms with Gasteiger partial charge in [0, 0.05) is 31.9 Å². The Bertz CT molecular complexity index is 674. The van der Waals surface area contributed by atoms with E-state index in [0.29, 0.717) is 38.4 Å². The van der Waals surface area contributed by atoms with E-state index in [0.717, 1.165) is 5.56 Å². The number of nitrogen functional groups attached to an aromatic ring is 1. The highest BCUT2D eigenvalue weighted by atomic mass is 35.5. The van der Waals surface area contributed by atoms with Crippen LogP contribution in [-0.4, -0.2) is 50.3 Å². The molecule has 21 heavy (non-hydrogen) atoms. The quantitative estimate of drug-likeness (QED) is 0.668. The van der Waals surface area contributed by atoms with E-state index >= 15 is 0 Å². The average molecular weight is 328 g/mol. The number of halogens is 1. The molecule has 1 heterocycles. The number of anilines is 1. The van der Waals surface area contributed by atoms with Crippen molar-refractivity contribution in [1.29, 1.82) is 0 Å². The van der Waals surface area contributed by atoms with Gasteiger partial charge in [-0.3, -0.25) is 4.90 Å². The molecule has 1 aromatic rings. The average Bonchev–Trinajstić information content (AvgIpc) is 2.43. The monoisotopic (exact) mass is 327 g/mol. The van der Waals surface area contributed by atoms with Gasteiger partial charge in [-0.15, -0.1) is 6.42 Å². The second-order valence-corrected chi connectivity index (χ2v) is 7.34. The van der Waals surface area contributed by atoms with Crippen molar-refractivity contribution in [2.75, 3.05) is 38.5 Å². The van der Waals surface area contributed by atoms with Crippen molar-refractivity contribution in [1.82, 2.24) is 9.21 Å². The fourth-order valence-corrected chi connectivity index (χ4v) is 4.28. The summed E-state index contributed by atoms with van der Waals surface area (Å²) in [7, 11) is -3.63. The Hall–Kier alpha value is -1.26. The first kappa shape index (κ1) is 16.1. The van der Waals surface area contributed by atoms with Crippen molar-refractivity contribution >= 4 is 27.3 Å². The number of terminal acetylenes is 1. The first-order chi connectivity index (χ1) is 9.86. The molecular weight excluding hydrogens is 310 g/mol. The van der Waals surface area contributed by atoms with Gasteiger partial charge in [0.15, 0.2) is 0 Å². The molecule has 2 rings (SSSR count). The van der Waals surface area contributed by atoms with E-state index in [1.165, 1.54) is 10.4 Å². The lowest BCUT2D eigenvalue weighted by Gasteiger charge is -2.33. The van der Waals surface area contributed by atoms with E-state index < -0.39 is 10.0 Å². The van der Waals surface area contributed by atoms with Crippen LogP contribution < -0.4 is 5.73 Å². The Labute approximate surface area is 130 Å². The zero-order chi connectivity index (χ0) is 15.6. The van der Waals surface area contributed by atoms with Crippen LogP contribution in [0.1, 0.15) is 5.56 Å². The lowest BCUT2D eigenvalue weighted by Crippen LogP contribution is -2.48. The molecule has 0 spiro atoms. The van der Waals surface area contributed by atoms with E-state index in [1.807, 2.05) is 4.90 Å². The topological polar surface area (TPSA) is 66.6 Å². The lowest BCUT2D eigenvalue weighted by molar-refractivity contribution is 0.207. The van der Waals surface area contributed by atoms with Crippen LogP contribution in [0.25, 0.3) is 0 Å². The molecule has 7 heteroatoms. The second-order valence-electron chi connectivity index (χ2n) is 5.02. The molecule has 1 aliphatic heterocycles. The molecule has 0 saturated carbocycles. The van der Waals surface area contributed by atoms with Gasteiger partial charge in [0.05, 0.1) is 11.6 Å². The van der Waals surface area contributed by atoms with Crippen LogP contribution in [-0.2, 0) is 10.0 Å². The molecule has 114 valence electrons. The minimum absolute atomic E-state index is 0.0673. The van der Waals surface area contributed by atoms with Crippen LogP contribution in [0.2, 0.25) is 5.02 Å². The van der Waals surface area contributed by atoms with Crippen LogP contribution in [0, 0.1) is 19.3 Å². The zero-order valence-electron chi connectivity index (χ0n) is 11.8. The summed E-state index contributed by atoms with van der Waals surface area (Å²) in [6.45, 7) is 4.34. The molecule has 0 amide bonds. The van der Waals surface area contributed by atoms with Gasteiger partial charge in [-0.25, -0.2) is 8.42 Å². The highest BCUT2D eigenvalue weighted by Crippen LogP contribution is 2.29. The van der Waals surface area contributed by atoms with Crippen molar-refractivity contribution < 1.29 is 8.42 Å². The van der Waals surface area contributed by atoms with Gasteiger partial charge < -0.3 is 5.73 Å². The number of benzene rings is 1. The summed E-state index contributed by atoms with van der Waals surface area (Å²) < 4.78 is 26.8.